The number of fused-ring (bicyclic) bond motifs is 1. The van der Waals surface area contributed by atoms with E-state index in [0.717, 1.165) is 16.5 Å². The Morgan fingerprint density at radius 1 is 0.900 bits per heavy atom. The molecule has 0 spiro atoms. The van der Waals surface area contributed by atoms with E-state index in [1.54, 1.807) is 18.3 Å². The van der Waals surface area contributed by atoms with E-state index < -0.39 is 48.4 Å². The summed E-state index contributed by atoms with van der Waals surface area (Å²) in [6.07, 6.45) is 3.53. The molecular weight excluding hydrogens is 516 g/mol. The second kappa shape index (κ2) is 14.7. The molecular formula is C28H36N6O6. The molecule has 1 heterocycles. The maximum absolute atomic E-state index is 12.9. The number of carboxylic acids is 1. The summed E-state index contributed by atoms with van der Waals surface area (Å²) in [5.41, 5.74) is 14.1. The van der Waals surface area contributed by atoms with Gasteiger partial charge in [-0.3, -0.25) is 14.4 Å². The van der Waals surface area contributed by atoms with Crippen molar-refractivity contribution in [3.8, 4) is 5.75 Å². The topological polar surface area (TPSA) is 213 Å². The van der Waals surface area contributed by atoms with Gasteiger partial charge in [0.15, 0.2) is 0 Å². The number of rotatable bonds is 15. The van der Waals surface area contributed by atoms with Crippen molar-refractivity contribution in [1.82, 2.24) is 20.9 Å². The fourth-order valence-corrected chi connectivity index (χ4v) is 4.27. The molecule has 0 aliphatic rings. The van der Waals surface area contributed by atoms with Crippen molar-refractivity contribution in [1.29, 1.82) is 0 Å². The number of aromatic hydroxyl groups is 1. The molecule has 12 nitrogen and oxygen atoms in total. The Hall–Kier alpha value is -4.42. The number of carbonyl (C=O) groups is 4. The lowest BCUT2D eigenvalue weighted by atomic mass is 10.0. The van der Waals surface area contributed by atoms with E-state index >= 15 is 0 Å². The van der Waals surface area contributed by atoms with Crippen LogP contribution >= 0.6 is 0 Å². The van der Waals surface area contributed by atoms with Crippen molar-refractivity contribution in [2.75, 3.05) is 13.1 Å². The molecule has 0 saturated carbocycles. The first-order valence-corrected chi connectivity index (χ1v) is 13.1. The lowest BCUT2D eigenvalue weighted by Crippen LogP contribution is -2.54. The predicted octanol–water partition coefficient (Wildman–Crippen LogP) is 0.285. The minimum Gasteiger partial charge on any atom is -0.508 e. The van der Waals surface area contributed by atoms with Gasteiger partial charge in [-0.05, 0) is 61.6 Å². The lowest BCUT2D eigenvalue weighted by Gasteiger charge is -2.21. The van der Waals surface area contributed by atoms with E-state index in [4.69, 9.17) is 11.5 Å². The average Bonchev–Trinajstić information content (AvgIpc) is 3.34. The number of aromatic nitrogens is 1. The number of H-pyrrole nitrogens is 1. The third-order valence-electron chi connectivity index (χ3n) is 6.46. The molecule has 12 heteroatoms. The molecule has 3 atom stereocenters. The van der Waals surface area contributed by atoms with E-state index in [0.29, 0.717) is 24.9 Å². The zero-order valence-corrected chi connectivity index (χ0v) is 22.1. The van der Waals surface area contributed by atoms with E-state index in [-0.39, 0.29) is 25.0 Å². The molecule has 0 saturated heterocycles. The SMILES string of the molecule is NCCCCC(NC(=O)C(N)Cc1c[nH]c2ccccc12)C(=O)NCC(=O)NC(Cc1ccc(O)cc1)C(=O)O. The molecule has 0 radical (unpaired) electrons. The molecule has 1 aromatic heterocycles. The van der Waals surface area contributed by atoms with E-state index in [2.05, 4.69) is 20.9 Å². The van der Waals surface area contributed by atoms with Gasteiger partial charge in [0.2, 0.25) is 17.7 Å². The number of aromatic amines is 1. The maximum Gasteiger partial charge on any atom is 0.326 e. The van der Waals surface area contributed by atoms with Crippen LogP contribution < -0.4 is 27.4 Å². The third-order valence-corrected chi connectivity index (χ3v) is 6.46. The van der Waals surface area contributed by atoms with Crippen LogP contribution in [-0.4, -0.2) is 70.1 Å². The smallest absolute Gasteiger partial charge is 0.326 e. The monoisotopic (exact) mass is 552 g/mol. The standard InChI is InChI=1S/C28H36N6O6/c29-12-4-3-7-23(34-26(37)21(30)14-18-15-31-22-6-2-1-5-20(18)22)27(38)32-16-25(36)33-24(28(39)40)13-17-8-10-19(35)11-9-17/h1-2,5-6,8-11,15,21,23-24,31,35H,3-4,7,12-14,16,29-30H2,(H,32,38)(H,33,36)(H,34,37)(H,39,40). The first kappa shape index (κ1) is 30.1. The van der Waals surface area contributed by atoms with Crippen molar-refractivity contribution in [3.05, 3.63) is 65.9 Å². The Bertz CT molecular complexity index is 1310. The summed E-state index contributed by atoms with van der Waals surface area (Å²) in [4.78, 5) is 53.0. The van der Waals surface area contributed by atoms with Crippen LogP contribution in [0.25, 0.3) is 10.9 Å². The van der Waals surface area contributed by atoms with Crippen molar-refractivity contribution in [2.24, 2.45) is 11.5 Å². The summed E-state index contributed by atoms with van der Waals surface area (Å²) in [5.74, 6) is -3.02. The highest BCUT2D eigenvalue weighted by Crippen LogP contribution is 2.19. The number of unbranched alkanes of at least 4 members (excludes halogenated alkanes) is 1. The summed E-state index contributed by atoms with van der Waals surface area (Å²) in [5, 5.41) is 27.4. The minimum absolute atomic E-state index is 0.0125. The number of hydrogen-bond donors (Lipinski definition) is 8. The molecule has 0 aliphatic heterocycles. The van der Waals surface area contributed by atoms with Gasteiger partial charge in [-0.2, -0.15) is 0 Å². The normalized spacial score (nSPS) is 13.2. The Kier molecular flexibility index (Phi) is 11.0. The first-order valence-electron chi connectivity index (χ1n) is 13.1. The Morgan fingerprint density at radius 3 is 2.33 bits per heavy atom. The van der Waals surface area contributed by atoms with Crippen LogP contribution in [0, 0.1) is 0 Å². The number of phenolic OH excluding ortho intramolecular Hbond substituents is 1. The second-order valence-electron chi connectivity index (χ2n) is 9.56. The molecule has 3 rings (SSSR count). The van der Waals surface area contributed by atoms with Gasteiger partial charge in [0.25, 0.3) is 0 Å². The largest absolute Gasteiger partial charge is 0.508 e. The van der Waals surface area contributed by atoms with Gasteiger partial charge in [-0.1, -0.05) is 30.3 Å². The molecule has 214 valence electrons. The molecule has 0 fully saturated rings. The summed E-state index contributed by atoms with van der Waals surface area (Å²) in [6.45, 7) is -0.0643. The summed E-state index contributed by atoms with van der Waals surface area (Å²) in [7, 11) is 0. The molecule has 3 unspecified atom stereocenters. The lowest BCUT2D eigenvalue weighted by molar-refractivity contribution is -0.141. The summed E-state index contributed by atoms with van der Waals surface area (Å²) >= 11 is 0. The predicted molar refractivity (Wildman–Crippen MR) is 149 cm³/mol. The zero-order chi connectivity index (χ0) is 29.1. The maximum atomic E-state index is 12.9. The first-order chi connectivity index (χ1) is 19.2. The number of carboxylic acid groups (broad SMARTS) is 1. The van der Waals surface area contributed by atoms with Crippen LogP contribution in [0.15, 0.2) is 54.7 Å². The molecule has 10 N–H and O–H groups in total. The minimum atomic E-state index is -1.25. The number of phenols is 1. The highest BCUT2D eigenvalue weighted by atomic mass is 16.4. The van der Waals surface area contributed by atoms with Crippen molar-refractivity contribution >= 4 is 34.6 Å². The Morgan fingerprint density at radius 2 is 1.62 bits per heavy atom. The molecule has 2 aromatic carbocycles. The van der Waals surface area contributed by atoms with Crippen molar-refractivity contribution in [2.45, 2.75) is 50.2 Å². The number of amides is 3. The molecule has 3 aromatic rings. The number of benzene rings is 2. The molecule has 0 bridgehead atoms. The van der Waals surface area contributed by atoms with Gasteiger partial charge in [0.1, 0.15) is 17.8 Å². The van der Waals surface area contributed by atoms with Crippen LogP contribution in [0.2, 0.25) is 0 Å². The second-order valence-corrected chi connectivity index (χ2v) is 9.56. The van der Waals surface area contributed by atoms with Crippen LogP contribution in [-0.2, 0) is 32.0 Å². The number of nitrogens with two attached hydrogens (primary N) is 2. The molecule has 40 heavy (non-hydrogen) atoms. The zero-order valence-electron chi connectivity index (χ0n) is 22.1. The fraction of sp³-hybridized carbons (Fsp3) is 0.357. The van der Waals surface area contributed by atoms with Gasteiger partial charge >= 0.3 is 5.97 Å². The van der Waals surface area contributed by atoms with Gasteiger partial charge in [0, 0.05) is 23.5 Å². The van der Waals surface area contributed by atoms with Crippen LogP contribution in [0.4, 0.5) is 0 Å². The number of aliphatic carboxylic acids is 1. The van der Waals surface area contributed by atoms with E-state index in [1.165, 1.54) is 12.1 Å². The highest BCUT2D eigenvalue weighted by molar-refractivity contribution is 5.93. The number of hydrogen-bond acceptors (Lipinski definition) is 7. The van der Waals surface area contributed by atoms with Crippen molar-refractivity contribution in [3.63, 3.8) is 0 Å². The molecule has 3 amide bonds. The summed E-state index contributed by atoms with van der Waals surface area (Å²) in [6, 6.07) is 10.5. The quantitative estimate of drug-likeness (QED) is 0.122. The number of para-hydroxylation sites is 1. The van der Waals surface area contributed by atoms with Gasteiger partial charge < -0.3 is 42.6 Å². The van der Waals surface area contributed by atoms with Crippen LogP contribution in [0.3, 0.4) is 0 Å². The van der Waals surface area contributed by atoms with E-state index in [1.807, 2.05) is 24.3 Å². The third kappa shape index (κ3) is 8.82. The van der Waals surface area contributed by atoms with Crippen LogP contribution in [0.1, 0.15) is 30.4 Å². The van der Waals surface area contributed by atoms with Gasteiger partial charge in [-0.15, -0.1) is 0 Å². The summed E-state index contributed by atoms with van der Waals surface area (Å²) < 4.78 is 0. The highest BCUT2D eigenvalue weighted by Gasteiger charge is 2.26. The van der Waals surface area contributed by atoms with E-state index in [9.17, 15) is 29.4 Å². The fourth-order valence-electron chi connectivity index (χ4n) is 4.27. The Balaban J connectivity index is 1.56. The Labute approximate surface area is 231 Å². The van der Waals surface area contributed by atoms with Gasteiger partial charge in [0.05, 0.1) is 12.6 Å². The van der Waals surface area contributed by atoms with Crippen LogP contribution in [0.5, 0.6) is 5.75 Å². The van der Waals surface area contributed by atoms with Crippen molar-refractivity contribution < 1.29 is 29.4 Å². The number of carbonyl (C=O) groups excluding carboxylic acids is 3. The van der Waals surface area contributed by atoms with Gasteiger partial charge in [-0.25, -0.2) is 4.79 Å². The molecule has 0 aliphatic carbocycles. The number of nitrogens with one attached hydrogen (secondary N) is 4. The average molecular weight is 553 g/mol.